The maximum atomic E-state index is 5.80. The first-order valence-electron chi connectivity index (χ1n) is 6.47. The highest BCUT2D eigenvalue weighted by molar-refractivity contribution is 9.10. The molecule has 104 valence electrons. The molecule has 0 fully saturated rings. The van der Waals surface area contributed by atoms with Crippen molar-refractivity contribution in [1.29, 1.82) is 0 Å². The Labute approximate surface area is 133 Å². The van der Waals surface area contributed by atoms with Crippen molar-refractivity contribution in [2.24, 2.45) is 5.73 Å². The van der Waals surface area contributed by atoms with Gasteiger partial charge in [0.2, 0.25) is 0 Å². The molecule has 0 aliphatic heterocycles. The molecule has 0 saturated heterocycles. The highest BCUT2D eigenvalue weighted by Crippen LogP contribution is 2.27. The summed E-state index contributed by atoms with van der Waals surface area (Å²) in [6.07, 6.45) is 0.954. The van der Waals surface area contributed by atoms with Gasteiger partial charge >= 0.3 is 0 Å². The van der Waals surface area contributed by atoms with Crippen LogP contribution in [0.3, 0.4) is 0 Å². The van der Waals surface area contributed by atoms with E-state index in [1.54, 1.807) is 0 Å². The third-order valence-electron chi connectivity index (χ3n) is 3.16. The molecule has 4 heteroatoms. The van der Waals surface area contributed by atoms with E-state index < -0.39 is 0 Å². The Kier molecular flexibility index (Phi) is 4.78. The Morgan fingerprint density at radius 2 is 1.95 bits per heavy atom. The second-order valence-corrected chi connectivity index (χ2v) is 6.05. The van der Waals surface area contributed by atoms with Crippen molar-refractivity contribution in [3.8, 4) is 0 Å². The van der Waals surface area contributed by atoms with Gasteiger partial charge in [-0.05, 0) is 54.8 Å². The molecule has 0 heterocycles. The summed E-state index contributed by atoms with van der Waals surface area (Å²) in [5.74, 6) is 0. The number of rotatable bonds is 4. The van der Waals surface area contributed by atoms with Gasteiger partial charge in [0.25, 0.3) is 0 Å². The van der Waals surface area contributed by atoms with Crippen molar-refractivity contribution in [3.05, 3.63) is 57.6 Å². The van der Waals surface area contributed by atoms with E-state index in [2.05, 4.69) is 53.3 Å². The summed E-state index contributed by atoms with van der Waals surface area (Å²) in [6.45, 7) is 4.19. The lowest BCUT2D eigenvalue weighted by Gasteiger charge is -2.15. The first-order valence-corrected chi connectivity index (χ1v) is 7.67. The normalized spacial score (nSPS) is 10.3. The lowest BCUT2D eigenvalue weighted by molar-refractivity contribution is 1.14. The first kappa shape index (κ1) is 15.0. The lowest BCUT2D eigenvalue weighted by atomic mass is 10.1. The molecule has 0 aromatic heterocycles. The molecule has 20 heavy (non-hydrogen) atoms. The summed E-state index contributed by atoms with van der Waals surface area (Å²) in [5.41, 5.74) is 11.1. The molecule has 2 nitrogen and oxygen atoms in total. The quantitative estimate of drug-likeness (QED) is 0.786. The Hall–Kier alpha value is -1.39. The SMILES string of the molecule is CCc1cc(Br)ccc1Nc1cc(C)ccc1C(N)=S. The van der Waals surface area contributed by atoms with Crippen LogP contribution in [-0.2, 0) is 6.42 Å². The summed E-state index contributed by atoms with van der Waals surface area (Å²) >= 11 is 8.62. The Morgan fingerprint density at radius 3 is 2.60 bits per heavy atom. The average Bonchev–Trinajstić information content (AvgIpc) is 2.40. The molecule has 3 N–H and O–H groups in total. The van der Waals surface area contributed by atoms with E-state index >= 15 is 0 Å². The summed E-state index contributed by atoms with van der Waals surface area (Å²) in [6, 6.07) is 12.3. The molecular weight excluding hydrogens is 332 g/mol. The minimum absolute atomic E-state index is 0.405. The van der Waals surface area contributed by atoms with E-state index in [9.17, 15) is 0 Å². The van der Waals surface area contributed by atoms with E-state index in [4.69, 9.17) is 18.0 Å². The monoisotopic (exact) mass is 348 g/mol. The van der Waals surface area contributed by atoms with Gasteiger partial charge in [0, 0.05) is 21.4 Å². The molecule has 0 aliphatic carbocycles. The standard InChI is InChI=1S/C16H17BrN2S/c1-3-11-9-12(17)5-7-14(11)19-15-8-10(2)4-6-13(15)16(18)20/h4-9,19H,3H2,1-2H3,(H2,18,20). The molecule has 2 aromatic carbocycles. The van der Waals surface area contributed by atoms with E-state index in [1.807, 2.05) is 18.2 Å². The highest BCUT2D eigenvalue weighted by atomic mass is 79.9. The van der Waals surface area contributed by atoms with Crippen LogP contribution in [0, 0.1) is 6.92 Å². The summed E-state index contributed by atoms with van der Waals surface area (Å²) < 4.78 is 1.08. The zero-order valence-corrected chi connectivity index (χ0v) is 13.9. The summed E-state index contributed by atoms with van der Waals surface area (Å²) in [5, 5.41) is 3.45. The van der Waals surface area contributed by atoms with E-state index in [0.717, 1.165) is 27.8 Å². The van der Waals surface area contributed by atoms with E-state index in [0.29, 0.717) is 4.99 Å². The molecule has 2 rings (SSSR count). The van der Waals surface area contributed by atoms with Crippen molar-refractivity contribution >= 4 is 44.5 Å². The van der Waals surface area contributed by atoms with Gasteiger partial charge in [0.1, 0.15) is 4.99 Å². The summed E-state index contributed by atoms with van der Waals surface area (Å²) in [4.78, 5) is 0.405. The molecule has 0 amide bonds. The summed E-state index contributed by atoms with van der Waals surface area (Å²) in [7, 11) is 0. The maximum absolute atomic E-state index is 5.80. The van der Waals surface area contributed by atoms with Gasteiger partial charge in [0.05, 0.1) is 0 Å². The van der Waals surface area contributed by atoms with Crippen LogP contribution in [0.25, 0.3) is 0 Å². The van der Waals surface area contributed by atoms with Crippen molar-refractivity contribution in [2.75, 3.05) is 5.32 Å². The zero-order valence-electron chi connectivity index (χ0n) is 11.5. The van der Waals surface area contributed by atoms with Gasteiger partial charge in [-0.2, -0.15) is 0 Å². The van der Waals surface area contributed by atoms with Gasteiger partial charge in [-0.15, -0.1) is 0 Å². The second kappa shape index (κ2) is 6.37. The van der Waals surface area contributed by atoms with Gasteiger partial charge in [-0.1, -0.05) is 41.1 Å². The molecule has 0 bridgehead atoms. The number of halogens is 1. The van der Waals surface area contributed by atoms with Crippen molar-refractivity contribution in [3.63, 3.8) is 0 Å². The molecule has 0 atom stereocenters. The molecule has 0 radical (unpaired) electrons. The van der Waals surface area contributed by atoms with Crippen LogP contribution in [0.5, 0.6) is 0 Å². The Bertz CT molecular complexity index is 653. The maximum Gasteiger partial charge on any atom is 0.106 e. The molecule has 0 unspecified atom stereocenters. The molecule has 2 aromatic rings. The number of nitrogens with one attached hydrogen (secondary N) is 1. The largest absolute Gasteiger partial charge is 0.389 e. The van der Waals surface area contributed by atoms with Crippen molar-refractivity contribution in [2.45, 2.75) is 20.3 Å². The van der Waals surface area contributed by atoms with Crippen molar-refractivity contribution in [1.82, 2.24) is 0 Å². The van der Waals surface area contributed by atoms with Crippen molar-refractivity contribution < 1.29 is 0 Å². The Morgan fingerprint density at radius 1 is 1.20 bits per heavy atom. The highest BCUT2D eigenvalue weighted by Gasteiger charge is 2.08. The van der Waals surface area contributed by atoms with Gasteiger partial charge in [0.15, 0.2) is 0 Å². The predicted molar refractivity (Wildman–Crippen MR) is 93.9 cm³/mol. The fourth-order valence-corrected chi connectivity index (χ4v) is 2.68. The number of anilines is 2. The Balaban J connectivity index is 2.44. The van der Waals surface area contributed by atoms with E-state index in [-0.39, 0.29) is 0 Å². The average molecular weight is 349 g/mol. The van der Waals surface area contributed by atoms with Gasteiger partial charge in [-0.25, -0.2) is 0 Å². The molecule has 0 aliphatic rings. The number of thiocarbonyl (C=S) groups is 1. The molecule has 0 spiro atoms. The first-order chi connectivity index (χ1) is 9.51. The van der Waals surface area contributed by atoms with Crippen LogP contribution in [0.15, 0.2) is 40.9 Å². The minimum Gasteiger partial charge on any atom is -0.389 e. The number of nitrogens with two attached hydrogens (primary N) is 1. The van der Waals surface area contributed by atoms with Gasteiger partial charge < -0.3 is 11.1 Å². The van der Waals surface area contributed by atoms with Crippen LogP contribution in [0.4, 0.5) is 11.4 Å². The van der Waals surface area contributed by atoms with E-state index in [1.165, 1.54) is 11.1 Å². The second-order valence-electron chi connectivity index (χ2n) is 4.69. The van der Waals surface area contributed by atoms with Crippen LogP contribution in [0.2, 0.25) is 0 Å². The smallest absolute Gasteiger partial charge is 0.106 e. The number of aryl methyl sites for hydroxylation is 2. The predicted octanol–water partition coefficient (Wildman–Crippen LogP) is 4.70. The number of hydrogen-bond acceptors (Lipinski definition) is 2. The third kappa shape index (κ3) is 3.38. The molecule has 0 saturated carbocycles. The lowest BCUT2D eigenvalue weighted by Crippen LogP contribution is -2.12. The van der Waals surface area contributed by atoms with Crippen LogP contribution in [0.1, 0.15) is 23.6 Å². The number of benzene rings is 2. The number of hydrogen-bond donors (Lipinski definition) is 2. The zero-order chi connectivity index (χ0) is 14.7. The molecular formula is C16H17BrN2S. The minimum atomic E-state index is 0.405. The fourth-order valence-electron chi connectivity index (χ4n) is 2.10. The van der Waals surface area contributed by atoms with Crippen LogP contribution >= 0.6 is 28.1 Å². The van der Waals surface area contributed by atoms with Crippen LogP contribution in [-0.4, -0.2) is 4.99 Å². The van der Waals surface area contributed by atoms with Crippen LogP contribution < -0.4 is 11.1 Å². The topological polar surface area (TPSA) is 38.0 Å². The van der Waals surface area contributed by atoms with Gasteiger partial charge in [-0.3, -0.25) is 0 Å². The fraction of sp³-hybridized carbons (Fsp3) is 0.188. The third-order valence-corrected chi connectivity index (χ3v) is 3.87.